The van der Waals surface area contributed by atoms with Crippen LogP contribution < -0.4 is 19.6 Å². The van der Waals surface area contributed by atoms with Gasteiger partial charge in [-0.3, -0.25) is 14.2 Å². The van der Waals surface area contributed by atoms with E-state index < -0.39 is 12.0 Å². The van der Waals surface area contributed by atoms with Gasteiger partial charge in [-0.05, 0) is 59.1 Å². The van der Waals surface area contributed by atoms with Crippen LogP contribution in [0.25, 0.3) is 17.0 Å². The van der Waals surface area contributed by atoms with Crippen LogP contribution >= 0.6 is 27.3 Å². The number of aromatic nitrogens is 2. The number of nitrogens with zero attached hydrogens (tertiary/aromatic N) is 4. The number of allylic oxidation sites excluding steroid dienone is 1. The first-order chi connectivity index (χ1) is 22.3. The van der Waals surface area contributed by atoms with Crippen molar-refractivity contribution in [3.05, 3.63) is 95.2 Å². The maximum Gasteiger partial charge on any atom is 0.338 e. The Morgan fingerprint density at radius 1 is 1.15 bits per heavy atom. The molecule has 2 aliphatic heterocycles. The average Bonchev–Trinajstić information content (AvgIpc) is 3.57. The van der Waals surface area contributed by atoms with E-state index in [1.807, 2.05) is 71.1 Å². The Bertz CT molecular complexity index is 2020. The van der Waals surface area contributed by atoms with Crippen molar-refractivity contribution in [3.63, 3.8) is 0 Å². The number of hydrogen-bond donors (Lipinski definition) is 0. The van der Waals surface area contributed by atoms with E-state index in [-0.39, 0.29) is 24.6 Å². The summed E-state index contributed by atoms with van der Waals surface area (Å²) < 4.78 is 21.1. The molecule has 0 N–H and O–H groups in total. The van der Waals surface area contributed by atoms with Gasteiger partial charge in [-0.15, -0.1) is 0 Å². The Kier molecular flexibility index (Phi) is 9.57. The molecule has 240 valence electrons. The van der Waals surface area contributed by atoms with Gasteiger partial charge >= 0.3 is 5.97 Å². The van der Waals surface area contributed by atoms with Crippen LogP contribution in [0.4, 0.5) is 0 Å². The lowest BCUT2D eigenvalue weighted by molar-refractivity contribution is -0.139. The minimum Gasteiger partial charge on any atom is -0.496 e. The molecule has 0 spiro atoms. The zero-order chi connectivity index (χ0) is 32.4. The number of carbonyl (C=O) groups excluding carboxylic acids is 2. The molecule has 0 radical (unpaired) electrons. The molecule has 0 saturated carbocycles. The van der Waals surface area contributed by atoms with E-state index in [0.29, 0.717) is 63.6 Å². The maximum absolute atomic E-state index is 14.3. The fraction of sp³-hybridized carbons (Fsp3) is 0.353. The summed E-state index contributed by atoms with van der Waals surface area (Å²) in [6.45, 7) is 6.40. The van der Waals surface area contributed by atoms with Crippen LogP contribution in [0.15, 0.2) is 74.2 Å². The largest absolute Gasteiger partial charge is 0.496 e. The number of ether oxygens (including phenoxy) is 3. The number of carbonyl (C=O) groups is 2. The molecule has 1 saturated heterocycles. The van der Waals surface area contributed by atoms with Crippen LogP contribution in [0.5, 0.6) is 5.75 Å². The number of hydrogen-bond acceptors (Lipinski definition) is 8. The number of amides is 1. The molecule has 1 atom stereocenters. The molecule has 1 fully saturated rings. The molecular formula is C34H35BrN4O6S. The Morgan fingerprint density at radius 3 is 2.65 bits per heavy atom. The summed E-state index contributed by atoms with van der Waals surface area (Å²) in [4.78, 5) is 48.2. The van der Waals surface area contributed by atoms with E-state index in [9.17, 15) is 14.4 Å². The Morgan fingerprint density at radius 2 is 1.93 bits per heavy atom. The fourth-order valence-corrected chi connectivity index (χ4v) is 7.58. The lowest BCUT2D eigenvalue weighted by Gasteiger charge is -2.27. The van der Waals surface area contributed by atoms with Crippen LogP contribution in [-0.2, 0) is 25.6 Å². The van der Waals surface area contributed by atoms with Crippen molar-refractivity contribution in [1.29, 1.82) is 0 Å². The van der Waals surface area contributed by atoms with Crippen LogP contribution in [0.1, 0.15) is 43.9 Å². The zero-order valence-electron chi connectivity index (χ0n) is 26.0. The number of thiazole rings is 1. The molecule has 0 unspecified atom stereocenters. The minimum absolute atomic E-state index is 0.0237. The Balaban J connectivity index is 1.50. The van der Waals surface area contributed by atoms with Gasteiger partial charge in [0.05, 0.1) is 53.2 Å². The van der Waals surface area contributed by atoms with Crippen LogP contribution in [0, 0.1) is 0 Å². The van der Waals surface area contributed by atoms with Crippen molar-refractivity contribution < 1.29 is 23.8 Å². The van der Waals surface area contributed by atoms with Crippen LogP contribution in [0.3, 0.4) is 0 Å². The number of morpholine rings is 1. The number of halogens is 1. The van der Waals surface area contributed by atoms with E-state index in [0.717, 1.165) is 28.5 Å². The molecule has 6 rings (SSSR count). The van der Waals surface area contributed by atoms with Gasteiger partial charge in [0.15, 0.2) is 4.80 Å². The highest BCUT2D eigenvalue weighted by molar-refractivity contribution is 9.10. The van der Waals surface area contributed by atoms with Crippen LogP contribution in [0.2, 0.25) is 0 Å². The summed E-state index contributed by atoms with van der Waals surface area (Å²) in [5, 5.41) is 0.928. The molecule has 46 heavy (non-hydrogen) atoms. The summed E-state index contributed by atoms with van der Waals surface area (Å²) in [6, 6.07) is 12.6. The van der Waals surface area contributed by atoms with Gasteiger partial charge in [0.25, 0.3) is 5.56 Å². The molecule has 10 nitrogen and oxygen atoms in total. The van der Waals surface area contributed by atoms with Crippen LogP contribution in [-0.4, -0.2) is 65.9 Å². The lowest BCUT2D eigenvalue weighted by Crippen LogP contribution is -2.42. The van der Waals surface area contributed by atoms with Gasteiger partial charge in [-0.1, -0.05) is 48.9 Å². The lowest BCUT2D eigenvalue weighted by atomic mass is 9.94. The standard InChI is InChI=1S/C34H35BrN4O6S/c1-4-8-25-30(33(42)45-5-2)31(21-11-12-27(43-3)24(35)17-21)39-32(41)28(46-34(39)36-25)18-22-19-38(26-10-7-6-9-23(22)26)20-29(40)37-13-15-44-16-14-37/h6-7,9-12,17-19,31H,4-5,8,13-16,20H2,1-3H3/b28-18+/t31-/m1/s1. The molecular weight excluding hydrogens is 672 g/mol. The van der Waals surface area contributed by atoms with Crippen molar-refractivity contribution in [3.8, 4) is 5.75 Å². The number of rotatable bonds is 9. The van der Waals surface area contributed by atoms with Crippen molar-refractivity contribution in [1.82, 2.24) is 14.0 Å². The third-order valence-electron chi connectivity index (χ3n) is 8.16. The van der Waals surface area contributed by atoms with E-state index in [2.05, 4.69) is 15.9 Å². The van der Waals surface area contributed by atoms with Gasteiger partial charge in [-0.25, -0.2) is 9.79 Å². The second kappa shape index (κ2) is 13.8. The van der Waals surface area contributed by atoms with E-state index in [1.165, 1.54) is 11.3 Å². The van der Waals surface area contributed by atoms with Gasteiger partial charge in [-0.2, -0.15) is 0 Å². The smallest absolute Gasteiger partial charge is 0.338 e. The first kappa shape index (κ1) is 32.0. The Labute approximate surface area is 278 Å². The third-order valence-corrected chi connectivity index (χ3v) is 9.76. The molecule has 2 aromatic heterocycles. The molecule has 2 aliphatic rings. The summed E-state index contributed by atoms with van der Waals surface area (Å²) in [5.41, 5.74) is 3.16. The number of methoxy groups -OCH3 is 1. The maximum atomic E-state index is 14.3. The highest BCUT2D eigenvalue weighted by Gasteiger charge is 2.34. The SMILES string of the molecule is CCCC1=C(C(=O)OCC)[C@@H](c2ccc(OC)c(Br)c2)n2c(s/c(=C/c3cn(CC(=O)N4CCOCC4)c4ccccc34)c2=O)=N1. The van der Waals surface area contributed by atoms with Crippen molar-refractivity contribution in [2.75, 3.05) is 40.0 Å². The fourth-order valence-electron chi connectivity index (χ4n) is 6.01. The van der Waals surface area contributed by atoms with Gasteiger partial charge < -0.3 is 23.7 Å². The first-order valence-electron chi connectivity index (χ1n) is 15.3. The second-order valence-corrected chi connectivity index (χ2v) is 12.9. The topological polar surface area (TPSA) is 104 Å². The van der Waals surface area contributed by atoms with Crippen molar-refractivity contribution in [2.24, 2.45) is 4.99 Å². The summed E-state index contributed by atoms with van der Waals surface area (Å²) in [6.07, 6.45) is 5.10. The zero-order valence-corrected chi connectivity index (χ0v) is 28.4. The molecule has 0 bridgehead atoms. The molecule has 2 aromatic carbocycles. The number of para-hydroxylation sites is 1. The van der Waals surface area contributed by atoms with E-state index >= 15 is 0 Å². The summed E-state index contributed by atoms with van der Waals surface area (Å²) >= 11 is 4.86. The molecule has 4 aromatic rings. The highest BCUT2D eigenvalue weighted by atomic mass is 79.9. The second-order valence-electron chi connectivity index (χ2n) is 11.0. The predicted octanol–water partition coefficient (Wildman–Crippen LogP) is 4.16. The molecule has 1 amide bonds. The van der Waals surface area contributed by atoms with Gasteiger partial charge in [0, 0.05) is 35.8 Å². The summed E-state index contributed by atoms with van der Waals surface area (Å²) in [7, 11) is 1.58. The highest BCUT2D eigenvalue weighted by Crippen LogP contribution is 2.36. The van der Waals surface area contributed by atoms with Gasteiger partial charge in [0.1, 0.15) is 12.3 Å². The molecule has 4 heterocycles. The minimum atomic E-state index is -0.742. The normalized spacial score (nSPS) is 16.8. The third kappa shape index (κ3) is 6.08. The predicted molar refractivity (Wildman–Crippen MR) is 180 cm³/mol. The van der Waals surface area contributed by atoms with Crippen molar-refractivity contribution in [2.45, 2.75) is 39.3 Å². The number of benzene rings is 2. The summed E-state index contributed by atoms with van der Waals surface area (Å²) in [5.74, 6) is 0.166. The number of fused-ring (bicyclic) bond motifs is 2. The van der Waals surface area contributed by atoms with Gasteiger partial charge in [0.2, 0.25) is 5.91 Å². The quantitative estimate of drug-likeness (QED) is 0.242. The first-order valence-corrected chi connectivity index (χ1v) is 16.9. The monoisotopic (exact) mass is 706 g/mol. The number of esters is 1. The van der Waals surface area contributed by atoms with E-state index in [4.69, 9.17) is 19.2 Å². The Hall–Kier alpha value is -4.00. The molecule has 12 heteroatoms. The molecule has 0 aliphatic carbocycles. The van der Waals surface area contributed by atoms with Crippen molar-refractivity contribution >= 4 is 56.1 Å². The van der Waals surface area contributed by atoms with E-state index in [1.54, 1.807) is 18.6 Å². The average molecular weight is 708 g/mol.